The Bertz CT molecular complexity index is 1350. The summed E-state index contributed by atoms with van der Waals surface area (Å²) < 4.78 is 17.0. The first-order valence-electron chi connectivity index (χ1n) is 9.44. The Morgan fingerprint density at radius 2 is 2.03 bits per heavy atom. The van der Waals surface area contributed by atoms with Crippen molar-refractivity contribution in [2.24, 2.45) is 4.99 Å². The molecule has 0 saturated heterocycles. The Kier molecular flexibility index (Phi) is 5.84. The monoisotopic (exact) mass is 434 g/mol. The molecule has 0 bridgehead atoms. The number of aromatic amines is 1. The van der Waals surface area contributed by atoms with Crippen molar-refractivity contribution >= 4 is 11.9 Å². The molecule has 0 unspecified atom stereocenters. The van der Waals surface area contributed by atoms with Gasteiger partial charge in [-0.2, -0.15) is 0 Å². The molecule has 0 amide bonds. The van der Waals surface area contributed by atoms with Gasteiger partial charge in [0.05, 0.1) is 31.8 Å². The number of nitrogens with one attached hydrogen (secondary N) is 1. The molecule has 0 aliphatic rings. The van der Waals surface area contributed by atoms with Crippen LogP contribution < -0.4 is 20.7 Å². The van der Waals surface area contributed by atoms with Crippen LogP contribution in [0.25, 0.3) is 0 Å². The number of aromatic nitrogens is 3. The lowest BCUT2D eigenvalue weighted by molar-refractivity contribution is 0.392. The van der Waals surface area contributed by atoms with Crippen molar-refractivity contribution < 1.29 is 19.0 Å². The van der Waals surface area contributed by atoms with Crippen molar-refractivity contribution in [2.45, 2.75) is 6.54 Å². The Hall–Kier alpha value is -4.60. The number of pyridine rings is 1. The van der Waals surface area contributed by atoms with Crippen LogP contribution in [0.4, 0.5) is 5.69 Å². The minimum Gasteiger partial charge on any atom is -0.497 e. The molecule has 32 heavy (non-hydrogen) atoms. The summed E-state index contributed by atoms with van der Waals surface area (Å²) in [4.78, 5) is 34.7. The number of aromatic hydroxyl groups is 1. The lowest BCUT2D eigenvalue weighted by Gasteiger charge is -2.08. The Labute approximate surface area is 181 Å². The lowest BCUT2D eigenvalue weighted by Crippen LogP contribution is -2.32. The molecule has 10 nitrogen and oxygen atoms in total. The molecule has 0 saturated carbocycles. The summed E-state index contributed by atoms with van der Waals surface area (Å²) >= 11 is 0. The van der Waals surface area contributed by atoms with Crippen molar-refractivity contribution in [1.82, 2.24) is 14.5 Å². The number of H-pyrrole nitrogens is 1. The van der Waals surface area contributed by atoms with E-state index in [1.807, 2.05) is 0 Å². The van der Waals surface area contributed by atoms with Crippen molar-refractivity contribution in [3.63, 3.8) is 0 Å². The van der Waals surface area contributed by atoms with Gasteiger partial charge in [0, 0.05) is 18.3 Å². The quantitative estimate of drug-likeness (QED) is 0.428. The Morgan fingerprint density at radius 3 is 2.75 bits per heavy atom. The highest BCUT2D eigenvalue weighted by atomic mass is 16.5. The first-order chi connectivity index (χ1) is 15.5. The number of furan rings is 1. The van der Waals surface area contributed by atoms with Crippen molar-refractivity contribution in [1.29, 1.82) is 0 Å². The van der Waals surface area contributed by atoms with Crippen LogP contribution in [-0.2, 0) is 6.54 Å². The van der Waals surface area contributed by atoms with Gasteiger partial charge in [0.2, 0.25) is 11.8 Å². The van der Waals surface area contributed by atoms with Crippen LogP contribution in [0.15, 0.2) is 80.0 Å². The molecule has 4 aromatic rings. The third-order valence-corrected chi connectivity index (χ3v) is 4.43. The number of rotatable bonds is 7. The van der Waals surface area contributed by atoms with E-state index in [4.69, 9.17) is 13.9 Å². The summed E-state index contributed by atoms with van der Waals surface area (Å²) in [5.74, 6) is 1.47. The Morgan fingerprint density at radius 1 is 1.19 bits per heavy atom. The molecule has 10 heteroatoms. The largest absolute Gasteiger partial charge is 0.497 e. The van der Waals surface area contributed by atoms with Gasteiger partial charge in [-0.3, -0.25) is 19.3 Å². The highest BCUT2D eigenvalue weighted by molar-refractivity contribution is 5.83. The fourth-order valence-electron chi connectivity index (χ4n) is 2.83. The van der Waals surface area contributed by atoms with E-state index in [-0.39, 0.29) is 12.1 Å². The van der Waals surface area contributed by atoms with E-state index in [2.05, 4.69) is 15.0 Å². The molecule has 162 valence electrons. The first kappa shape index (κ1) is 20.7. The van der Waals surface area contributed by atoms with E-state index in [1.54, 1.807) is 55.6 Å². The highest BCUT2D eigenvalue weighted by Gasteiger charge is 2.14. The molecule has 0 atom stereocenters. The predicted molar refractivity (Wildman–Crippen MR) is 115 cm³/mol. The second-order valence-electron chi connectivity index (χ2n) is 6.56. The van der Waals surface area contributed by atoms with Crippen LogP contribution in [-0.4, -0.2) is 33.0 Å². The molecular weight excluding hydrogens is 416 g/mol. The molecule has 0 aliphatic carbocycles. The van der Waals surface area contributed by atoms with Crippen LogP contribution in [0.1, 0.15) is 11.3 Å². The summed E-state index contributed by atoms with van der Waals surface area (Å²) in [6, 6.07) is 13.6. The van der Waals surface area contributed by atoms with E-state index >= 15 is 0 Å². The second kappa shape index (κ2) is 9.04. The zero-order valence-electron chi connectivity index (χ0n) is 16.9. The zero-order chi connectivity index (χ0) is 22.5. The summed E-state index contributed by atoms with van der Waals surface area (Å²) in [6.45, 7) is -0.0485. The number of hydrogen-bond acceptors (Lipinski definition) is 8. The van der Waals surface area contributed by atoms with E-state index < -0.39 is 17.1 Å². The summed E-state index contributed by atoms with van der Waals surface area (Å²) in [5, 5.41) is 10.4. The fourth-order valence-corrected chi connectivity index (χ4v) is 2.83. The third kappa shape index (κ3) is 4.59. The maximum atomic E-state index is 12.2. The SMILES string of the molecule is COc1cccc(Oc2ccc(N=Cc3c(O)n(Cc4ccco4)c(=O)[nH]c3=O)cn2)c1. The predicted octanol–water partition coefficient (Wildman–Crippen LogP) is 2.83. The number of methoxy groups -OCH3 is 1. The van der Waals surface area contributed by atoms with Gasteiger partial charge in [-0.25, -0.2) is 9.78 Å². The minimum absolute atomic E-state index is 0.0485. The number of hydrogen-bond donors (Lipinski definition) is 2. The van der Waals surface area contributed by atoms with Gasteiger partial charge < -0.3 is 19.0 Å². The molecule has 0 radical (unpaired) electrons. The molecule has 4 rings (SSSR count). The van der Waals surface area contributed by atoms with Crippen molar-refractivity contribution in [3.05, 3.63) is 93.2 Å². The van der Waals surface area contributed by atoms with E-state index in [0.717, 1.165) is 10.8 Å². The molecule has 3 heterocycles. The molecule has 2 N–H and O–H groups in total. The molecule has 3 aromatic heterocycles. The van der Waals surface area contributed by atoms with Gasteiger partial charge >= 0.3 is 5.69 Å². The number of ether oxygens (including phenoxy) is 2. The van der Waals surface area contributed by atoms with Crippen LogP contribution >= 0.6 is 0 Å². The summed E-state index contributed by atoms with van der Waals surface area (Å²) in [6.07, 6.45) is 4.04. The molecule has 0 spiro atoms. The van der Waals surface area contributed by atoms with Gasteiger partial charge in [-0.1, -0.05) is 6.07 Å². The van der Waals surface area contributed by atoms with E-state index in [9.17, 15) is 14.7 Å². The van der Waals surface area contributed by atoms with Gasteiger partial charge in [0.15, 0.2) is 0 Å². The summed E-state index contributed by atoms with van der Waals surface area (Å²) in [7, 11) is 1.57. The lowest BCUT2D eigenvalue weighted by atomic mass is 10.3. The average Bonchev–Trinajstić information content (AvgIpc) is 3.31. The highest BCUT2D eigenvalue weighted by Crippen LogP contribution is 2.25. The van der Waals surface area contributed by atoms with Crippen LogP contribution in [0, 0.1) is 0 Å². The van der Waals surface area contributed by atoms with Crippen LogP contribution in [0.3, 0.4) is 0 Å². The third-order valence-electron chi connectivity index (χ3n) is 4.43. The van der Waals surface area contributed by atoms with Crippen molar-refractivity contribution in [2.75, 3.05) is 7.11 Å². The molecule has 1 aromatic carbocycles. The normalized spacial score (nSPS) is 11.0. The van der Waals surface area contributed by atoms with Gasteiger partial charge in [0.1, 0.15) is 22.8 Å². The average molecular weight is 434 g/mol. The maximum Gasteiger partial charge on any atom is 0.331 e. The van der Waals surface area contributed by atoms with E-state index in [1.165, 1.54) is 12.5 Å². The number of benzene rings is 1. The standard InChI is InChI=1S/C22H18N4O6/c1-30-15-4-2-5-16(10-15)32-19-8-7-14(11-24-19)23-12-18-20(27)25-22(29)26(21(18)28)13-17-6-3-9-31-17/h2-12,28H,13H2,1H3,(H,25,27,29). The molecular formula is C22H18N4O6. The van der Waals surface area contributed by atoms with Crippen LogP contribution in [0.5, 0.6) is 23.3 Å². The maximum absolute atomic E-state index is 12.2. The van der Waals surface area contributed by atoms with Gasteiger partial charge in [-0.15, -0.1) is 0 Å². The van der Waals surface area contributed by atoms with E-state index in [0.29, 0.717) is 28.8 Å². The van der Waals surface area contributed by atoms with Crippen molar-refractivity contribution in [3.8, 4) is 23.3 Å². The number of aliphatic imine (C=N–C) groups is 1. The van der Waals surface area contributed by atoms with Gasteiger partial charge in [-0.05, 0) is 30.3 Å². The van der Waals surface area contributed by atoms with Gasteiger partial charge in [0.25, 0.3) is 5.56 Å². The van der Waals surface area contributed by atoms with Crippen LogP contribution in [0.2, 0.25) is 0 Å². The molecule has 0 fully saturated rings. The Balaban J connectivity index is 1.54. The smallest absolute Gasteiger partial charge is 0.331 e. The summed E-state index contributed by atoms with van der Waals surface area (Å²) in [5.41, 5.74) is -1.29. The minimum atomic E-state index is -0.766. The first-order valence-corrected chi connectivity index (χ1v) is 9.44. The fraction of sp³-hybridized carbons (Fsp3) is 0.0909. The topological polar surface area (TPSA) is 132 Å². The zero-order valence-corrected chi connectivity index (χ0v) is 16.9. The number of nitrogens with zero attached hydrogens (tertiary/aromatic N) is 3. The second-order valence-corrected chi connectivity index (χ2v) is 6.56. The molecule has 0 aliphatic heterocycles.